The number of rotatable bonds is 3. The molecule has 1 aromatic carbocycles. The van der Waals surface area contributed by atoms with E-state index in [-0.39, 0.29) is 5.88 Å². The maximum Gasteiger partial charge on any atom is 0.217 e. The average Bonchev–Trinajstić information content (AvgIpc) is 2.68. The molecule has 3 nitrogen and oxygen atoms in total. The predicted molar refractivity (Wildman–Crippen MR) is 73.8 cm³/mol. The fourth-order valence-corrected chi connectivity index (χ4v) is 2.09. The molecule has 0 spiro atoms. The molecule has 1 aromatic heterocycles. The van der Waals surface area contributed by atoms with Gasteiger partial charge in [0.1, 0.15) is 0 Å². The molecule has 1 N–H and O–H groups in total. The largest absolute Gasteiger partial charge is 0.493 e. The minimum atomic E-state index is 0.269. The van der Waals surface area contributed by atoms with Gasteiger partial charge in [0.2, 0.25) is 5.88 Å². The third-order valence-electron chi connectivity index (χ3n) is 3.14. The zero-order chi connectivity index (χ0) is 13.3. The Morgan fingerprint density at radius 1 is 1.22 bits per heavy atom. The van der Waals surface area contributed by atoms with Gasteiger partial charge in [-0.25, -0.2) is 4.68 Å². The summed E-state index contributed by atoms with van der Waals surface area (Å²) in [6.45, 7) is 8.91. The van der Waals surface area contributed by atoms with E-state index in [2.05, 4.69) is 38.0 Å². The second-order valence-corrected chi connectivity index (χ2v) is 4.92. The number of hydrogen-bond donors (Lipinski definition) is 1. The fraction of sp³-hybridized carbons (Fsp3) is 0.400. The van der Waals surface area contributed by atoms with E-state index in [0.717, 1.165) is 16.8 Å². The van der Waals surface area contributed by atoms with Gasteiger partial charge >= 0.3 is 0 Å². The van der Waals surface area contributed by atoms with Crippen LogP contribution in [0.25, 0.3) is 11.1 Å². The van der Waals surface area contributed by atoms with Crippen molar-refractivity contribution in [3.05, 3.63) is 35.5 Å². The Kier molecular flexibility index (Phi) is 3.41. The topological polar surface area (TPSA) is 38.0 Å². The van der Waals surface area contributed by atoms with Crippen molar-refractivity contribution in [2.24, 2.45) is 0 Å². The second-order valence-electron chi connectivity index (χ2n) is 4.92. The van der Waals surface area contributed by atoms with Crippen molar-refractivity contribution >= 4 is 0 Å². The molecule has 3 heteroatoms. The first-order valence-corrected chi connectivity index (χ1v) is 6.41. The molecule has 0 unspecified atom stereocenters. The van der Waals surface area contributed by atoms with Crippen molar-refractivity contribution < 1.29 is 5.11 Å². The first kappa shape index (κ1) is 12.7. The zero-order valence-corrected chi connectivity index (χ0v) is 11.4. The van der Waals surface area contributed by atoms with Gasteiger partial charge in [0.15, 0.2) is 0 Å². The molecule has 0 radical (unpaired) electrons. The van der Waals surface area contributed by atoms with E-state index in [9.17, 15) is 5.11 Å². The van der Waals surface area contributed by atoms with Gasteiger partial charge < -0.3 is 5.11 Å². The van der Waals surface area contributed by atoms with E-state index >= 15 is 0 Å². The van der Waals surface area contributed by atoms with Crippen LogP contribution in [0.15, 0.2) is 24.3 Å². The monoisotopic (exact) mass is 244 g/mol. The van der Waals surface area contributed by atoms with E-state index in [1.54, 1.807) is 4.68 Å². The van der Waals surface area contributed by atoms with Crippen molar-refractivity contribution in [3.63, 3.8) is 0 Å². The molecule has 0 aliphatic heterocycles. The number of aryl methyl sites for hydroxylation is 2. The van der Waals surface area contributed by atoms with Gasteiger partial charge in [0, 0.05) is 6.54 Å². The molecular weight excluding hydrogens is 224 g/mol. The molecule has 0 bridgehead atoms. The van der Waals surface area contributed by atoms with Crippen LogP contribution in [-0.4, -0.2) is 14.9 Å². The third kappa shape index (κ3) is 2.13. The molecule has 2 rings (SSSR count). The lowest BCUT2D eigenvalue weighted by atomic mass is 9.99. The first-order chi connectivity index (χ1) is 8.54. The van der Waals surface area contributed by atoms with Crippen LogP contribution in [0.5, 0.6) is 5.88 Å². The Morgan fingerprint density at radius 2 is 1.83 bits per heavy atom. The lowest BCUT2D eigenvalue weighted by Crippen LogP contribution is -1.97. The van der Waals surface area contributed by atoms with Crippen LogP contribution in [0.4, 0.5) is 0 Å². The molecule has 0 amide bonds. The molecular formula is C15H20N2O. The maximum atomic E-state index is 10.3. The molecule has 0 fully saturated rings. The third-order valence-corrected chi connectivity index (χ3v) is 3.14. The van der Waals surface area contributed by atoms with Crippen molar-refractivity contribution in [1.29, 1.82) is 0 Å². The van der Waals surface area contributed by atoms with Crippen LogP contribution in [0.1, 0.15) is 37.9 Å². The number of nitrogens with zero attached hydrogens (tertiary/aromatic N) is 2. The van der Waals surface area contributed by atoms with Gasteiger partial charge in [-0.3, -0.25) is 0 Å². The zero-order valence-electron chi connectivity index (χ0n) is 11.4. The van der Waals surface area contributed by atoms with Gasteiger partial charge in [-0.05, 0) is 25.3 Å². The standard InChI is InChI=1S/C15H20N2O/c1-5-17-15(18)13(14(16-17)10(2)3)12-8-6-11(4)7-9-12/h6-10,18H,5H2,1-4H3. The molecule has 1 heterocycles. The molecule has 2 aromatic rings. The summed E-state index contributed by atoms with van der Waals surface area (Å²) >= 11 is 0. The second kappa shape index (κ2) is 4.84. The minimum absolute atomic E-state index is 0.269. The summed E-state index contributed by atoms with van der Waals surface area (Å²) < 4.78 is 1.66. The van der Waals surface area contributed by atoms with Gasteiger partial charge in [0.25, 0.3) is 0 Å². The van der Waals surface area contributed by atoms with Crippen molar-refractivity contribution in [2.45, 2.75) is 40.2 Å². The molecule has 96 valence electrons. The van der Waals surface area contributed by atoms with Crippen LogP contribution in [0.3, 0.4) is 0 Å². The molecule has 0 atom stereocenters. The van der Waals surface area contributed by atoms with Crippen LogP contribution >= 0.6 is 0 Å². The Balaban J connectivity index is 2.61. The normalized spacial score (nSPS) is 11.2. The smallest absolute Gasteiger partial charge is 0.217 e. The summed E-state index contributed by atoms with van der Waals surface area (Å²) in [5.74, 6) is 0.560. The van der Waals surface area contributed by atoms with E-state index < -0.39 is 0 Å². The predicted octanol–water partition coefficient (Wildman–Crippen LogP) is 3.71. The van der Waals surface area contributed by atoms with Crippen molar-refractivity contribution in [2.75, 3.05) is 0 Å². The number of benzene rings is 1. The van der Waals surface area contributed by atoms with E-state index in [4.69, 9.17) is 0 Å². The Labute approximate surface area is 108 Å². The van der Waals surface area contributed by atoms with Gasteiger partial charge in [-0.1, -0.05) is 43.7 Å². The number of aromatic hydroxyl groups is 1. The highest BCUT2D eigenvalue weighted by atomic mass is 16.3. The van der Waals surface area contributed by atoms with Crippen LogP contribution in [0.2, 0.25) is 0 Å². The number of hydrogen-bond acceptors (Lipinski definition) is 2. The van der Waals surface area contributed by atoms with Gasteiger partial charge in [-0.15, -0.1) is 0 Å². The summed E-state index contributed by atoms with van der Waals surface area (Å²) in [5.41, 5.74) is 4.07. The number of aromatic nitrogens is 2. The molecule has 0 saturated carbocycles. The Morgan fingerprint density at radius 3 is 2.33 bits per heavy atom. The maximum absolute atomic E-state index is 10.3. The summed E-state index contributed by atoms with van der Waals surface area (Å²) in [6.07, 6.45) is 0. The summed E-state index contributed by atoms with van der Waals surface area (Å²) in [7, 11) is 0. The highest BCUT2D eigenvalue weighted by Gasteiger charge is 2.20. The van der Waals surface area contributed by atoms with Gasteiger partial charge in [-0.2, -0.15) is 5.10 Å². The summed E-state index contributed by atoms with van der Waals surface area (Å²) in [4.78, 5) is 0. The highest BCUT2D eigenvalue weighted by Crippen LogP contribution is 2.36. The fourth-order valence-electron chi connectivity index (χ4n) is 2.09. The Bertz CT molecular complexity index is 538. The van der Waals surface area contributed by atoms with Crippen LogP contribution in [0, 0.1) is 6.92 Å². The van der Waals surface area contributed by atoms with E-state index in [1.165, 1.54) is 5.56 Å². The first-order valence-electron chi connectivity index (χ1n) is 6.41. The highest BCUT2D eigenvalue weighted by molar-refractivity contribution is 5.72. The average molecular weight is 244 g/mol. The summed E-state index contributed by atoms with van der Waals surface area (Å²) in [5, 5.41) is 14.8. The van der Waals surface area contributed by atoms with E-state index in [0.29, 0.717) is 12.5 Å². The lowest BCUT2D eigenvalue weighted by Gasteiger charge is -2.06. The SMILES string of the molecule is CCn1nc(C(C)C)c(-c2ccc(C)cc2)c1O. The van der Waals surface area contributed by atoms with Crippen LogP contribution in [-0.2, 0) is 6.54 Å². The molecule has 0 saturated heterocycles. The minimum Gasteiger partial charge on any atom is -0.493 e. The quantitative estimate of drug-likeness (QED) is 0.893. The molecule has 18 heavy (non-hydrogen) atoms. The lowest BCUT2D eigenvalue weighted by molar-refractivity contribution is 0.406. The van der Waals surface area contributed by atoms with Crippen molar-refractivity contribution in [3.8, 4) is 17.0 Å². The van der Waals surface area contributed by atoms with Crippen LogP contribution < -0.4 is 0 Å². The Hall–Kier alpha value is -1.77. The van der Waals surface area contributed by atoms with Gasteiger partial charge in [0.05, 0.1) is 11.3 Å². The van der Waals surface area contributed by atoms with Crippen molar-refractivity contribution in [1.82, 2.24) is 9.78 Å². The molecule has 0 aliphatic rings. The summed E-state index contributed by atoms with van der Waals surface area (Å²) in [6, 6.07) is 8.19. The molecule has 0 aliphatic carbocycles. The van der Waals surface area contributed by atoms with E-state index in [1.807, 2.05) is 19.1 Å².